The lowest BCUT2D eigenvalue weighted by Gasteiger charge is -2.30. The van der Waals surface area contributed by atoms with Crippen LogP contribution in [0.1, 0.15) is 24.4 Å². The van der Waals surface area contributed by atoms with Gasteiger partial charge < -0.3 is 9.15 Å². The summed E-state index contributed by atoms with van der Waals surface area (Å²) in [5.74, 6) is 1.41. The standard InChI is InChI=1S/C21H24N4O3/c1-14-22-12-21(28-14)19-4-3-15-11-23-16(10-20(15)24-19)9-17(26)13-25-7-5-18(27-2)6-8-25/h3-4,10-12,18H,5-9,13H2,1-2H3. The van der Waals surface area contributed by atoms with Crippen LogP contribution in [0.3, 0.4) is 0 Å². The summed E-state index contributed by atoms with van der Waals surface area (Å²) in [7, 11) is 1.75. The number of carbonyl (C=O) groups is 1. The van der Waals surface area contributed by atoms with E-state index in [1.165, 1.54) is 0 Å². The van der Waals surface area contributed by atoms with Gasteiger partial charge in [-0.2, -0.15) is 0 Å². The SMILES string of the molecule is COC1CCN(CC(=O)Cc2cc3nc(-c4cnc(C)o4)ccc3cn2)CC1. The molecule has 0 radical (unpaired) electrons. The number of pyridine rings is 2. The fourth-order valence-electron chi connectivity index (χ4n) is 3.58. The van der Waals surface area contributed by atoms with Crippen LogP contribution in [0.25, 0.3) is 22.4 Å². The molecule has 0 bridgehead atoms. The van der Waals surface area contributed by atoms with Gasteiger partial charge in [0.25, 0.3) is 0 Å². The van der Waals surface area contributed by atoms with Crippen LogP contribution in [-0.2, 0) is 16.0 Å². The van der Waals surface area contributed by atoms with Crippen LogP contribution >= 0.6 is 0 Å². The van der Waals surface area contributed by atoms with Crippen LogP contribution in [0.2, 0.25) is 0 Å². The Balaban J connectivity index is 1.44. The molecule has 0 aromatic carbocycles. The zero-order valence-corrected chi connectivity index (χ0v) is 16.2. The first kappa shape index (κ1) is 18.7. The molecule has 3 aromatic rings. The summed E-state index contributed by atoms with van der Waals surface area (Å²) < 4.78 is 10.9. The molecule has 1 saturated heterocycles. The highest BCUT2D eigenvalue weighted by molar-refractivity contribution is 5.85. The molecule has 0 spiro atoms. The topological polar surface area (TPSA) is 81.4 Å². The molecule has 7 heteroatoms. The van der Waals surface area contributed by atoms with Crippen molar-refractivity contribution in [3.05, 3.63) is 42.2 Å². The predicted octanol–water partition coefficient (Wildman–Crippen LogP) is 2.82. The Bertz CT molecular complexity index is 977. The van der Waals surface area contributed by atoms with Crippen LogP contribution in [0.4, 0.5) is 0 Å². The molecule has 1 fully saturated rings. The van der Waals surface area contributed by atoms with Crippen molar-refractivity contribution in [2.75, 3.05) is 26.7 Å². The number of piperidine rings is 1. The van der Waals surface area contributed by atoms with Gasteiger partial charge in [0.05, 0.1) is 30.8 Å². The lowest BCUT2D eigenvalue weighted by molar-refractivity contribution is -0.120. The van der Waals surface area contributed by atoms with Crippen LogP contribution < -0.4 is 0 Å². The van der Waals surface area contributed by atoms with Crippen molar-refractivity contribution in [1.29, 1.82) is 0 Å². The van der Waals surface area contributed by atoms with Crippen LogP contribution in [0.15, 0.2) is 35.0 Å². The van der Waals surface area contributed by atoms with Gasteiger partial charge in [0.2, 0.25) is 0 Å². The molecule has 1 aliphatic heterocycles. The summed E-state index contributed by atoms with van der Waals surface area (Å²) in [6, 6.07) is 5.73. The fourth-order valence-corrected chi connectivity index (χ4v) is 3.58. The number of nitrogens with zero attached hydrogens (tertiary/aromatic N) is 4. The zero-order chi connectivity index (χ0) is 19.5. The van der Waals surface area contributed by atoms with Gasteiger partial charge >= 0.3 is 0 Å². The normalized spacial score (nSPS) is 15.9. The van der Waals surface area contributed by atoms with E-state index in [9.17, 15) is 4.79 Å². The first-order valence-corrected chi connectivity index (χ1v) is 9.56. The first-order chi connectivity index (χ1) is 13.6. The van der Waals surface area contributed by atoms with Gasteiger partial charge in [-0.15, -0.1) is 0 Å². The summed E-state index contributed by atoms with van der Waals surface area (Å²) in [4.78, 5) is 27.9. The molecule has 0 amide bonds. The lowest BCUT2D eigenvalue weighted by atomic mass is 10.1. The number of carbonyl (C=O) groups excluding carboxylic acids is 1. The fraction of sp³-hybridized carbons (Fsp3) is 0.429. The zero-order valence-electron chi connectivity index (χ0n) is 16.2. The van der Waals surface area contributed by atoms with Crippen molar-refractivity contribution in [3.63, 3.8) is 0 Å². The number of aryl methyl sites for hydroxylation is 1. The number of ketones is 1. The molecule has 4 rings (SSSR count). The van der Waals surface area contributed by atoms with Gasteiger partial charge in [-0.05, 0) is 31.0 Å². The third-order valence-electron chi connectivity index (χ3n) is 5.15. The third-order valence-corrected chi connectivity index (χ3v) is 5.15. The Morgan fingerprint density at radius 1 is 1.25 bits per heavy atom. The van der Waals surface area contributed by atoms with Crippen LogP contribution in [-0.4, -0.2) is 58.5 Å². The number of hydrogen-bond acceptors (Lipinski definition) is 7. The van der Waals surface area contributed by atoms with E-state index < -0.39 is 0 Å². The molecule has 146 valence electrons. The second-order valence-corrected chi connectivity index (χ2v) is 7.24. The molecule has 0 atom stereocenters. The number of hydrogen-bond donors (Lipinski definition) is 0. The highest BCUT2D eigenvalue weighted by Gasteiger charge is 2.20. The van der Waals surface area contributed by atoms with Crippen molar-refractivity contribution in [2.24, 2.45) is 0 Å². The molecule has 0 N–H and O–H groups in total. The highest BCUT2D eigenvalue weighted by Crippen LogP contribution is 2.22. The van der Waals surface area contributed by atoms with Crippen LogP contribution in [0.5, 0.6) is 0 Å². The van der Waals surface area contributed by atoms with Gasteiger partial charge in [0, 0.05) is 44.4 Å². The molecular weight excluding hydrogens is 356 g/mol. The number of ether oxygens (including phenoxy) is 1. The second-order valence-electron chi connectivity index (χ2n) is 7.24. The monoisotopic (exact) mass is 380 g/mol. The summed E-state index contributed by atoms with van der Waals surface area (Å²) in [5, 5.41) is 0.929. The minimum Gasteiger partial charge on any atom is -0.439 e. The summed E-state index contributed by atoms with van der Waals surface area (Å²) >= 11 is 0. The molecular formula is C21H24N4O3. The Labute approximate surface area is 163 Å². The minimum atomic E-state index is 0.171. The largest absolute Gasteiger partial charge is 0.439 e. The molecule has 0 saturated carbocycles. The molecule has 0 aliphatic carbocycles. The number of methoxy groups -OCH3 is 1. The molecule has 3 aromatic heterocycles. The highest BCUT2D eigenvalue weighted by atomic mass is 16.5. The van der Waals surface area contributed by atoms with E-state index in [0.717, 1.165) is 48.2 Å². The summed E-state index contributed by atoms with van der Waals surface area (Å²) in [6.07, 6.45) is 6.03. The summed E-state index contributed by atoms with van der Waals surface area (Å²) in [6.45, 7) is 4.06. The minimum absolute atomic E-state index is 0.171. The summed E-state index contributed by atoms with van der Waals surface area (Å²) in [5.41, 5.74) is 2.26. The number of oxazole rings is 1. The maximum Gasteiger partial charge on any atom is 0.191 e. The average molecular weight is 380 g/mol. The van der Waals surface area contributed by atoms with E-state index in [4.69, 9.17) is 9.15 Å². The van der Waals surface area contributed by atoms with Gasteiger partial charge in [-0.1, -0.05) is 0 Å². The molecule has 28 heavy (non-hydrogen) atoms. The number of aromatic nitrogens is 3. The Morgan fingerprint density at radius 2 is 2.07 bits per heavy atom. The van der Waals surface area contributed by atoms with Crippen molar-refractivity contribution in [3.8, 4) is 11.5 Å². The van der Waals surface area contributed by atoms with E-state index in [2.05, 4.69) is 19.9 Å². The maximum absolute atomic E-state index is 12.5. The van der Waals surface area contributed by atoms with Gasteiger partial charge in [-0.25, -0.2) is 9.97 Å². The molecule has 7 nitrogen and oxygen atoms in total. The molecule has 4 heterocycles. The maximum atomic E-state index is 12.5. The van der Waals surface area contributed by atoms with Crippen molar-refractivity contribution < 1.29 is 13.9 Å². The molecule has 1 aliphatic rings. The van der Waals surface area contributed by atoms with Crippen molar-refractivity contribution in [2.45, 2.75) is 32.3 Å². The predicted molar refractivity (Wildman–Crippen MR) is 105 cm³/mol. The van der Waals surface area contributed by atoms with E-state index >= 15 is 0 Å². The van der Waals surface area contributed by atoms with E-state index in [1.54, 1.807) is 26.4 Å². The van der Waals surface area contributed by atoms with Crippen molar-refractivity contribution >= 4 is 16.7 Å². The van der Waals surface area contributed by atoms with Crippen molar-refractivity contribution in [1.82, 2.24) is 19.9 Å². The van der Waals surface area contributed by atoms with Gasteiger partial charge in [0.15, 0.2) is 17.4 Å². The van der Waals surface area contributed by atoms with Gasteiger partial charge in [0.1, 0.15) is 5.69 Å². The number of Topliss-reactive ketones (excluding diaryl/α,β-unsaturated/α-hetero) is 1. The number of fused-ring (bicyclic) bond motifs is 1. The Morgan fingerprint density at radius 3 is 2.79 bits per heavy atom. The smallest absolute Gasteiger partial charge is 0.191 e. The Hall–Kier alpha value is -2.64. The number of rotatable bonds is 6. The molecule has 0 unspecified atom stereocenters. The van der Waals surface area contributed by atoms with Crippen LogP contribution in [0, 0.1) is 6.92 Å². The Kier molecular flexibility index (Phi) is 5.45. The third kappa shape index (κ3) is 4.26. The number of likely N-dealkylation sites (tertiary alicyclic amines) is 1. The van der Waals surface area contributed by atoms with E-state index in [0.29, 0.717) is 30.7 Å². The average Bonchev–Trinajstić information content (AvgIpc) is 3.14. The quantitative estimate of drug-likeness (QED) is 0.650. The first-order valence-electron chi connectivity index (χ1n) is 9.56. The second kappa shape index (κ2) is 8.16. The van der Waals surface area contributed by atoms with Gasteiger partial charge in [-0.3, -0.25) is 14.7 Å². The lowest BCUT2D eigenvalue weighted by Crippen LogP contribution is -2.39. The van der Waals surface area contributed by atoms with E-state index in [-0.39, 0.29) is 5.78 Å². The van der Waals surface area contributed by atoms with E-state index in [1.807, 2.05) is 18.2 Å².